The van der Waals surface area contributed by atoms with Gasteiger partial charge < -0.3 is 10.5 Å². The standard InChI is InChI=1S/C13H16N4OS/c1-9(2)8-18-12-10(14)4-5-11(17-12)19-13-15-6-3-7-16-13/h3-7,9H,8,14H2,1-2H3. The molecule has 0 aliphatic rings. The van der Waals surface area contributed by atoms with Crippen LogP contribution in [0.15, 0.2) is 40.8 Å². The van der Waals surface area contributed by atoms with Gasteiger partial charge in [-0.05, 0) is 35.9 Å². The SMILES string of the molecule is CC(C)COc1nc(Sc2ncccn2)ccc1N. The van der Waals surface area contributed by atoms with Gasteiger partial charge in [0.05, 0.1) is 12.3 Å². The van der Waals surface area contributed by atoms with Gasteiger partial charge in [0.15, 0.2) is 5.16 Å². The highest BCUT2D eigenvalue weighted by Gasteiger charge is 2.08. The number of nitrogens with two attached hydrogens (primary N) is 1. The summed E-state index contributed by atoms with van der Waals surface area (Å²) in [5.41, 5.74) is 6.38. The number of pyridine rings is 1. The largest absolute Gasteiger partial charge is 0.476 e. The number of hydrogen-bond donors (Lipinski definition) is 1. The van der Waals surface area contributed by atoms with Crippen LogP contribution in [0.1, 0.15) is 13.8 Å². The molecule has 2 rings (SSSR count). The molecule has 0 saturated heterocycles. The lowest BCUT2D eigenvalue weighted by Crippen LogP contribution is -2.07. The molecule has 0 amide bonds. The molecule has 0 fully saturated rings. The number of ether oxygens (including phenoxy) is 1. The van der Waals surface area contributed by atoms with Gasteiger partial charge in [-0.15, -0.1) is 0 Å². The minimum atomic E-state index is 0.426. The lowest BCUT2D eigenvalue weighted by Gasteiger charge is -2.10. The molecule has 0 radical (unpaired) electrons. The van der Waals surface area contributed by atoms with Crippen LogP contribution in [-0.4, -0.2) is 21.6 Å². The maximum Gasteiger partial charge on any atom is 0.238 e. The first-order valence-corrected chi connectivity index (χ1v) is 6.81. The lowest BCUT2D eigenvalue weighted by atomic mass is 10.2. The number of anilines is 1. The molecular formula is C13H16N4OS. The highest BCUT2D eigenvalue weighted by Crippen LogP contribution is 2.27. The molecule has 0 spiro atoms. The smallest absolute Gasteiger partial charge is 0.238 e. The molecule has 0 saturated carbocycles. The molecule has 0 bridgehead atoms. The quantitative estimate of drug-likeness (QED) is 0.846. The van der Waals surface area contributed by atoms with Crippen molar-refractivity contribution in [2.75, 3.05) is 12.3 Å². The molecule has 5 nitrogen and oxygen atoms in total. The van der Waals surface area contributed by atoms with Crippen LogP contribution >= 0.6 is 11.8 Å². The van der Waals surface area contributed by atoms with Gasteiger partial charge in [-0.1, -0.05) is 13.8 Å². The highest BCUT2D eigenvalue weighted by atomic mass is 32.2. The summed E-state index contributed by atoms with van der Waals surface area (Å²) in [5.74, 6) is 0.893. The number of rotatable bonds is 5. The van der Waals surface area contributed by atoms with E-state index in [1.54, 1.807) is 24.5 Å². The zero-order valence-electron chi connectivity index (χ0n) is 10.9. The molecule has 2 aromatic heterocycles. The van der Waals surface area contributed by atoms with E-state index in [1.165, 1.54) is 11.8 Å². The summed E-state index contributed by atoms with van der Waals surface area (Å²) in [6.45, 7) is 4.74. The third-order valence-corrected chi connectivity index (χ3v) is 2.99. The van der Waals surface area contributed by atoms with Gasteiger partial charge in [-0.2, -0.15) is 0 Å². The first kappa shape index (κ1) is 13.6. The van der Waals surface area contributed by atoms with E-state index in [-0.39, 0.29) is 0 Å². The predicted octanol–water partition coefficient (Wildman–Crippen LogP) is 2.64. The minimum Gasteiger partial charge on any atom is -0.476 e. The predicted molar refractivity (Wildman–Crippen MR) is 75.1 cm³/mol. The van der Waals surface area contributed by atoms with E-state index < -0.39 is 0 Å². The van der Waals surface area contributed by atoms with Crippen molar-refractivity contribution >= 4 is 17.4 Å². The van der Waals surface area contributed by atoms with Crippen molar-refractivity contribution in [2.45, 2.75) is 24.0 Å². The van der Waals surface area contributed by atoms with Crippen molar-refractivity contribution in [2.24, 2.45) is 5.92 Å². The molecule has 0 atom stereocenters. The number of nitrogens with zero attached hydrogens (tertiary/aromatic N) is 3. The summed E-state index contributed by atoms with van der Waals surface area (Å²) in [6.07, 6.45) is 3.39. The van der Waals surface area contributed by atoms with E-state index in [0.29, 0.717) is 29.2 Å². The van der Waals surface area contributed by atoms with Gasteiger partial charge >= 0.3 is 0 Å². The second-order valence-corrected chi connectivity index (χ2v) is 5.37. The van der Waals surface area contributed by atoms with Crippen LogP contribution in [0.5, 0.6) is 5.88 Å². The van der Waals surface area contributed by atoms with Crippen molar-refractivity contribution in [3.05, 3.63) is 30.6 Å². The van der Waals surface area contributed by atoms with E-state index >= 15 is 0 Å². The Morgan fingerprint density at radius 3 is 2.68 bits per heavy atom. The van der Waals surface area contributed by atoms with Gasteiger partial charge in [-0.3, -0.25) is 0 Å². The second kappa shape index (κ2) is 6.38. The van der Waals surface area contributed by atoms with Gasteiger partial charge in [0.2, 0.25) is 5.88 Å². The van der Waals surface area contributed by atoms with Crippen molar-refractivity contribution in [3.8, 4) is 5.88 Å². The van der Waals surface area contributed by atoms with Crippen LogP contribution in [0.2, 0.25) is 0 Å². The van der Waals surface area contributed by atoms with E-state index in [1.807, 2.05) is 6.07 Å². The van der Waals surface area contributed by atoms with Gasteiger partial charge in [0.1, 0.15) is 5.03 Å². The summed E-state index contributed by atoms with van der Waals surface area (Å²) in [5, 5.41) is 1.41. The monoisotopic (exact) mass is 276 g/mol. The Balaban J connectivity index is 2.12. The van der Waals surface area contributed by atoms with E-state index in [2.05, 4.69) is 28.8 Å². The zero-order valence-corrected chi connectivity index (χ0v) is 11.7. The molecule has 2 heterocycles. The molecule has 0 unspecified atom stereocenters. The van der Waals surface area contributed by atoms with Crippen LogP contribution in [0.4, 0.5) is 5.69 Å². The van der Waals surface area contributed by atoms with Gasteiger partial charge in [0, 0.05) is 12.4 Å². The third kappa shape index (κ3) is 4.10. The molecule has 6 heteroatoms. The van der Waals surface area contributed by atoms with Crippen molar-refractivity contribution in [3.63, 3.8) is 0 Å². The molecule has 100 valence electrons. The topological polar surface area (TPSA) is 73.9 Å². The fourth-order valence-corrected chi connectivity index (χ4v) is 1.96. The second-order valence-electron chi connectivity index (χ2n) is 4.38. The van der Waals surface area contributed by atoms with Crippen LogP contribution in [0, 0.1) is 5.92 Å². The Hall–Kier alpha value is -1.82. The average Bonchev–Trinajstić information content (AvgIpc) is 2.40. The summed E-state index contributed by atoms with van der Waals surface area (Å²) in [6, 6.07) is 5.39. The summed E-state index contributed by atoms with van der Waals surface area (Å²) in [7, 11) is 0. The van der Waals surface area contributed by atoms with E-state index in [4.69, 9.17) is 10.5 Å². The first-order chi connectivity index (χ1) is 9.15. The fourth-order valence-electron chi connectivity index (χ4n) is 1.28. The lowest BCUT2D eigenvalue weighted by molar-refractivity contribution is 0.261. The molecular weight excluding hydrogens is 260 g/mol. The highest BCUT2D eigenvalue weighted by molar-refractivity contribution is 7.99. The normalized spacial score (nSPS) is 10.7. The number of aromatic nitrogens is 3. The molecule has 19 heavy (non-hydrogen) atoms. The minimum absolute atomic E-state index is 0.426. The van der Waals surface area contributed by atoms with E-state index in [0.717, 1.165) is 5.03 Å². The summed E-state index contributed by atoms with van der Waals surface area (Å²) in [4.78, 5) is 12.7. The van der Waals surface area contributed by atoms with Crippen LogP contribution in [0.3, 0.4) is 0 Å². The molecule has 0 aliphatic heterocycles. The van der Waals surface area contributed by atoms with Crippen LogP contribution in [0.25, 0.3) is 0 Å². The maximum atomic E-state index is 5.84. The number of hydrogen-bond acceptors (Lipinski definition) is 6. The Kier molecular flexibility index (Phi) is 4.57. The Labute approximate surface area is 116 Å². The van der Waals surface area contributed by atoms with E-state index in [9.17, 15) is 0 Å². The Morgan fingerprint density at radius 2 is 2.00 bits per heavy atom. The fraction of sp³-hybridized carbons (Fsp3) is 0.308. The van der Waals surface area contributed by atoms with Crippen molar-refractivity contribution in [1.82, 2.24) is 15.0 Å². The maximum absolute atomic E-state index is 5.84. The van der Waals surface area contributed by atoms with Crippen LogP contribution in [-0.2, 0) is 0 Å². The molecule has 2 N–H and O–H groups in total. The Bertz CT molecular complexity index is 533. The average molecular weight is 276 g/mol. The third-order valence-electron chi connectivity index (χ3n) is 2.16. The van der Waals surface area contributed by atoms with Gasteiger partial charge in [0.25, 0.3) is 0 Å². The molecule has 0 aliphatic carbocycles. The van der Waals surface area contributed by atoms with Gasteiger partial charge in [-0.25, -0.2) is 15.0 Å². The molecule has 0 aromatic carbocycles. The Morgan fingerprint density at radius 1 is 1.26 bits per heavy atom. The molecule has 2 aromatic rings. The van der Waals surface area contributed by atoms with Crippen LogP contribution < -0.4 is 10.5 Å². The summed E-state index contributed by atoms with van der Waals surface area (Å²) < 4.78 is 5.59. The number of nitrogen functional groups attached to an aromatic ring is 1. The first-order valence-electron chi connectivity index (χ1n) is 5.99. The summed E-state index contributed by atoms with van der Waals surface area (Å²) >= 11 is 1.38. The van der Waals surface area contributed by atoms with Crippen molar-refractivity contribution in [1.29, 1.82) is 0 Å². The van der Waals surface area contributed by atoms with Crippen molar-refractivity contribution < 1.29 is 4.74 Å². The zero-order chi connectivity index (χ0) is 13.7.